The average molecular weight is 267 g/mol. The molecule has 0 fully saturated rings. The lowest BCUT2D eigenvalue weighted by atomic mass is 10.1. The smallest absolute Gasteiger partial charge is 0.176 e. The molecule has 2 aromatic rings. The lowest BCUT2D eigenvalue weighted by molar-refractivity contribution is 0.617. The Morgan fingerprint density at radius 2 is 1.71 bits per heavy atom. The third kappa shape index (κ3) is 2.55. The lowest BCUT2D eigenvalue weighted by Crippen LogP contribution is -1.90. The monoisotopic (exact) mass is 266 g/mol. The molecule has 0 amide bonds. The van der Waals surface area contributed by atoms with Crippen molar-refractivity contribution in [1.29, 1.82) is 5.26 Å². The van der Waals surface area contributed by atoms with Gasteiger partial charge in [0.05, 0.1) is 0 Å². The van der Waals surface area contributed by atoms with Crippen molar-refractivity contribution in [3.05, 3.63) is 52.0 Å². The lowest BCUT2D eigenvalue weighted by Gasteiger charge is -2.03. The first kappa shape index (κ1) is 11.8. The van der Waals surface area contributed by atoms with E-state index in [0.717, 1.165) is 0 Å². The molecule has 0 aliphatic rings. The van der Waals surface area contributed by atoms with Gasteiger partial charge >= 0.3 is 0 Å². The summed E-state index contributed by atoms with van der Waals surface area (Å²) in [5, 5.41) is 9.49. The van der Waals surface area contributed by atoms with E-state index in [1.54, 1.807) is 24.3 Å². The molecule has 0 aliphatic heterocycles. The summed E-state index contributed by atoms with van der Waals surface area (Å²) in [6.07, 6.45) is 1.41. The van der Waals surface area contributed by atoms with Crippen LogP contribution < -0.4 is 0 Å². The molecule has 0 saturated heterocycles. The van der Waals surface area contributed by atoms with E-state index in [9.17, 15) is 4.39 Å². The Balaban J connectivity index is 2.54. The van der Waals surface area contributed by atoms with E-state index in [2.05, 4.69) is 4.98 Å². The summed E-state index contributed by atoms with van der Waals surface area (Å²) in [5.74, 6) is -0.666. The van der Waals surface area contributed by atoms with Crippen LogP contribution >= 0.6 is 23.2 Å². The van der Waals surface area contributed by atoms with Gasteiger partial charge in [-0.05, 0) is 29.8 Å². The van der Waals surface area contributed by atoms with Crippen molar-refractivity contribution in [2.75, 3.05) is 0 Å². The highest BCUT2D eigenvalue weighted by molar-refractivity contribution is 6.35. The topological polar surface area (TPSA) is 36.7 Å². The van der Waals surface area contributed by atoms with E-state index in [0.29, 0.717) is 21.2 Å². The van der Waals surface area contributed by atoms with Crippen LogP contribution in [0.25, 0.3) is 11.1 Å². The van der Waals surface area contributed by atoms with Gasteiger partial charge in [-0.2, -0.15) is 5.26 Å². The molecule has 5 heteroatoms. The van der Waals surface area contributed by atoms with Gasteiger partial charge in [0.1, 0.15) is 6.07 Å². The van der Waals surface area contributed by atoms with Gasteiger partial charge in [0, 0.05) is 21.8 Å². The summed E-state index contributed by atoms with van der Waals surface area (Å²) in [6.45, 7) is 0. The quantitative estimate of drug-likeness (QED) is 0.780. The fourth-order valence-corrected chi connectivity index (χ4v) is 1.92. The maximum absolute atomic E-state index is 13.4. The molecule has 0 spiro atoms. The molecule has 0 unspecified atom stereocenters. The molecule has 0 radical (unpaired) electrons. The molecule has 1 aromatic heterocycles. The Kier molecular flexibility index (Phi) is 3.28. The van der Waals surface area contributed by atoms with Crippen LogP contribution in [0.2, 0.25) is 10.0 Å². The fourth-order valence-electron chi connectivity index (χ4n) is 1.40. The highest BCUT2D eigenvalue weighted by Gasteiger charge is 2.07. The summed E-state index contributed by atoms with van der Waals surface area (Å²) in [5.41, 5.74) is 0.936. The van der Waals surface area contributed by atoms with E-state index >= 15 is 0 Å². The van der Waals surface area contributed by atoms with Crippen LogP contribution in [0.1, 0.15) is 5.69 Å². The number of halogens is 3. The van der Waals surface area contributed by atoms with Crippen molar-refractivity contribution in [2.45, 2.75) is 0 Å². The van der Waals surface area contributed by atoms with Crippen molar-refractivity contribution in [3.8, 4) is 17.2 Å². The first-order chi connectivity index (χ1) is 8.10. The number of pyridine rings is 1. The number of hydrogen-bond donors (Lipinski definition) is 0. The number of hydrogen-bond acceptors (Lipinski definition) is 2. The zero-order chi connectivity index (χ0) is 12.4. The average Bonchev–Trinajstić information content (AvgIpc) is 2.27. The summed E-state index contributed by atoms with van der Waals surface area (Å²) in [6, 6.07) is 7.77. The maximum Gasteiger partial charge on any atom is 0.176 e. The van der Waals surface area contributed by atoms with Gasteiger partial charge in [-0.15, -0.1) is 0 Å². The zero-order valence-corrected chi connectivity index (χ0v) is 9.93. The van der Waals surface area contributed by atoms with Gasteiger partial charge in [-0.3, -0.25) is 0 Å². The van der Waals surface area contributed by atoms with Gasteiger partial charge < -0.3 is 0 Å². The van der Waals surface area contributed by atoms with Crippen LogP contribution in [0, 0.1) is 17.1 Å². The van der Waals surface area contributed by atoms with Gasteiger partial charge in [0.15, 0.2) is 11.5 Å². The van der Waals surface area contributed by atoms with E-state index < -0.39 is 5.82 Å². The summed E-state index contributed by atoms with van der Waals surface area (Å²) >= 11 is 11.7. The maximum atomic E-state index is 13.4. The minimum absolute atomic E-state index is 0.234. The standard InChI is InChI=1S/C12H5Cl2FN2/c13-9-1-7(2-10(14)4-9)8-3-11(15)12(5-16)17-6-8/h1-4,6H. The van der Waals surface area contributed by atoms with Crippen molar-refractivity contribution in [3.63, 3.8) is 0 Å². The number of aromatic nitrogens is 1. The molecule has 2 nitrogen and oxygen atoms in total. The minimum Gasteiger partial charge on any atom is -0.242 e. The number of rotatable bonds is 1. The molecular formula is C12H5Cl2FN2. The van der Waals surface area contributed by atoms with Gasteiger partial charge in [0.2, 0.25) is 0 Å². The van der Waals surface area contributed by atoms with E-state index in [1.165, 1.54) is 12.3 Å². The summed E-state index contributed by atoms with van der Waals surface area (Å²) in [7, 11) is 0. The minimum atomic E-state index is -0.666. The third-order valence-corrected chi connectivity index (χ3v) is 2.58. The van der Waals surface area contributed by atoms with Crippen molar-refractivity contribution < 1.29 is 4.39 Å². The number of nitriles is 1. The SMILES string of the molecule is N#Cc1ncc(-c2cc(Cl)cc(Cl)c2)cc1F. The molecule has 0 aliphatic carbocycles. The Morgan fingerprint density at radius 1 is 1.06 bits per heavy atom. The highest BCUT2D eigenvalue weighted by atomic mass is 35.5. The van der Waals surface area contributed by atoms with Crippen LogP contribution in [0.4, 0.5) is 4.39 Å². The molecule has 0 bridgehead atoms. The first-order valence-electron chi connectivity index (χ1n) is 4.62. The Hall–Kier alpha value is -1.63. The Bertz CT molecular complexity index is 600. The molecule has 84 valence electrons. The van der Waals surface area contributed by atoms with E-state index in [4.69, 9.17) is 28.5 Å². The predicted octanol–water partition coefficient (Wildman–Crippen LogP) is 4.07. The van der Waals surface area contributed by atoms with Crippen LogP contribution in [0.15, 0.2) is 30.5 Å². The zero-order valence-electron chi connectivity index (χ0n) is 8.42. The molecule has 0 saturated carbocycles. The highest BCUT2D eigenvalue weighted by Crippen LogP contribution is 2.27. The van der Waals surface area contributed by atoms with Gasteiger partial charge in [-0.25, -0.2) is 9.37 Å². The fraction of sp³-hybridized carbons (Fsp3) is 0. The number of nitrogens with zero attached hydrogens (tertiary/aromatic N) is 2. The predicted molar refractivity (Wildman–Crippen MR) is 64.4 cm³/mol. The first-order valence-corrected chi connectivity index (χ1v) is 5.38. The molecule has 0 N–H and O–H groups in total. The van der Waals surface area contributed by atoms with Crippen LogP contribution in [-0.2, 0) is 0 Å². The number of benzene rings is 1. The van der Waals surface area contributed by atoms with Crippen molar-refractivity contribution in [2.24, 2.45) is 0 Å². The third-order valence-electron chi connectivity index (χ3n) is 2.14. The van der Waals surface area contributed by atoms with E-state index in [-0.39, 0.29) is 5.69 Å². The second-order valence-electron chi connectivity index (χ2n) is 3.32. The second-order valence-corrected chi connectivity index (χ2v) is 4.20. The van der Waals surface area contributed by atoms with Crippen LogP contribution in [0.3, 0.4) is 0 Å². The molecule has 1 heterocycles. The van der Waals surface area contributed by atoms with Gasteiger partial charge in [0.25, 0.3) is 0 Å². The Labute approximate surface area is 107 Å². The molecule has 2 rings (SSSR count). The molecule has 1 aromatic carbocycles. The molecular weight excluding hydrogens is 262 g/mol. The normalized spacial score (nSPS) is 10.0. The van der Waals surface area contributed by atoms with Crippen LogP contribution in [0.5, 0.6) is 0 Å². The van der Waals surface area contributed by atoms with E-state index in [1.807, 2.05) is 0 Å². The van der Waals surface area contributed by atoms with Crippen molar-refractivity contribution >= 4 is 23.2 Å². The molecule has 17 heavy (non-hydrogen) atoms. The Morgan fingerprint density at radius 3 is 2.24 bits per heavy atom. The summed E-state index contributed by atoms with van der Waals surface area (Å²) < 4.78 is 13.4. The largest absolute Gasteiger partial charge is 0.242 e. The second kappa shape index (κ2) is 4.70. The summed E-state index contributed by atoms with van der Waals surface area (Å²) in [4.78, 5) is 3.71. The van der Waals surface area contributed by atoms with Crippen LogP contribution in [-0.4, -0.2) is 4.98 Å². The van der Waals surface area contributed by atoms with Crippen molar-refractivity contribution in [1.82, 2.24) is 4.98 Å². The van der Waals surface area contributed by atoms with Gasteiger partial charge in [-0.1, -0.05) is 23.2 Å². The molecule has 0 atom stereocenters.